The van der Waals surface area contributed by atoms with Crippen molar-refractivity contribution in [3.8, 4) is 0 Å². The van der Waals surface area contributed by atoms with Crippen molar-refractivity contribution < 1.29 is 14.4 Å². The normalized spacial score (nSPS) is 19.2. The topological polar surface area (TPSA) is 99.0 Å². The summed E-state index contributed by atoms with van der Waals surface area (Å²) < 4.78 is 0. The number of hydrogen-bond donors (Lipinski definition) is 2. The second kappa shape index (κ2) is 10.8. The summed E-state index contributed by atoms with van der Waals surface area (Å²) in [5.74, 6) is -0.314. The molecule has 1 aromatic carbocycles. The van der Waals surface area contributed by atoms with E-state index < -0.39 is 12.1 Å². The van der Waals surface area contributed by atoms with E-state index in [0.29, 0.717) is 25.9 Å². The molecule has 3 N–H and O–H groups in total. The lowest BCUT2D eigenvalue weighted by Crippen LogP contribution is -2.51. The van der Waals surface area contributed by atoms with Gasteiger partial charge in [0, 0.05) is 52.4 Å². The third-order valence-electron chi connectivity index (χ3n) is 6.49. The van der Waals surface area contributed by atoms with E-state index in [4.69, 9.17) is 5.73 Å². The number of carbonyl (C=O) groups is 3. The fourth-order valence-electron chi connectivity index (χ4n) is 4.68. The minimum Gasteiger partial charge on any atom is -0.377 e. The summed E-state index contributed by atoms with van der Waals surface area (Å²) in [6.07, 6.45) is 4.09. The third-order valence-corrected chi connectivity index (χ3v) is 6.49. The highest BCUT2D eigenvalue weighted by Crippen LogP contribution is 2.21. The van der Waals surface area contributed by atoms with Crippen LogP contribution in [0.3, 0.4) is 0 Å². The lowest BCUT2D eigenvalue weighted by atomic mass is 10.1. The van der Waals surface area contributed by atoms with Crippen LogP contribution in [0.25, 0.3) is 0 Å². The highest BCUT2D eigenvalue weighted by Gasteiger charge is 2.36. The van der Waals surface area contributed by atoms with E-state index in [2.05, 4.69) is 16.3 Å². The molecule has 32 heavy (non-hydrogen) atoms. The van der Waals surface area contributed by atoms with Gasteiger partial charge >= 0.3 is 0 Å². The van der Waals surface area contributed by atoms with Crippen molar-refractivity contribution in [3.05, 3.63) is 29.3 Å². The first-order valence-electron chi connectivity index (χ1n) is 11.7. The lowest BCUT2D eigenvalue weighted by molar-refractivity contribution is -0.140. The SMILES string of the molecule is Cc1cc(CNC(=O)[C@@H]2CCCN2C(=O)[C@H](N)CCC(=O)N2CCCC2)ccc1N(C)C. The standard InChI is InChI=1S/C24H37N5O3/c1-17-15-18(8-10-20(17)27(2)3)16-26-23(31)21-7-6-14-29(21)24(32)19(25)9-11-22(30)28-12-4-5-13-28/h8,10,15,19,21H,4-7,9,11-14,16,25H2,1-3H3,(H,26,31)/t19-,21+/m1/s1. The summed E-state index contributed by atoms with van der Waals surface area (Å²) in [5, 5.41) is 2.98. The van der Waals surface area contributed by atoms with Gasteiger partial charge in [0.15, 0.2) is 0 Å². The lowest BCUT2D eigenvalue weighted by Gasteiger charge is -2.27. The number of nitrogens with zero attached hydrogens (tertiary/aromatic N) is 3. The van der Waals surface area contributed by atoms with Crippen LogP contribution in [0.2, 0.25) is 0 Å². The first kappa shape index (κ1) is 24.0. The zero-order chi connectivity index (χ0) is 23.3. The Bertz CT molecular complexity index is 835. The van der Waals surface area contributed by atoms with Crippen LogP contribution in [-0.2, 0) is 20.9 Å². The molecule has 0 aromatic heterocycles. The predicted octanol–water partition coefficient (Wildman–Crippen LogP) is 1.40. The van der Waals surface area contributed by atoms with Gasteiger partial charge in [-0.2, -0.15) is 0 Å². The highest BCUT2D eigenvalue weighted by atomic mass is 16.2. The Balaban J connectivity index is 1.51. The number of nitrogens with one attached hydrogen (secondary N) is 1. The third kappa shape index (κ3) is 5.79. The van der Waals surface area contributed by atoms with Crippen LogP contribution in [0.5, 0.6) is 0 Å². The summed E-state index contributed by atoms with van der Waals surface area (Å²) in [6, 6.07) is 4.87. The fourth-order valence-corrected chi connectivity index (χ4v) is 4.68. The number of amides is 3. The maximum atomic E-state index is 12.9. The number of nitrogens with two attached hydrogens (primary N) is 1. The van der Waals surface area contributed by atoms with E-state index in [9.17, 15) is 14.4 Å². The molecule has 2 fully saturated rings. The van der Waals surface area contributed by atoms with Crippen molar-refractivity contribution in [2.45, 2.75) is 64.1 Å². The van der Waals surface area contributed by atoms with Crippen LogP contribution < -0.4 is 16.0 Å². The number of benzene rings is 1. The quantitative estimate of drug-likeness (QED) is 0.633. The molecule has 0 bridgehead atoms. The van der Waals surface area contributed by atoms with Gasteiger partial charge in [-0.25, -0.2) is 0 Å². The molecule has 0 saturated carbocycles. The molecule has 3 rings (SSSR count). The molecule has 3 amide bonds. The number of hydrogen-bond acceptors (Lipinski definition) is 5. The van der Waals surface area contributed by atoms with E-state index in [1.165, 1.54) is 0 Å². The molecule has 2 saturated heterocycles. The van der Waals surface area contributed by atoms with Gasteiger partial charge in [0.25, 0.3) is 0 Å². The molecule has 0 radical (unpaired) electrons. The van der Waals surface area contributed by atoms with Crippen molar-refractivity contribution in [2.75, 3.05) is 38.6 Å². The second-order valence-electron chi connectivity index (χ2n) is 9.16. The first-order chi connectivity index (χ1) is 15.3. The highest BCUT2D eigenvalue weighted by molar-refractivity contribution is 5.90. The van der Waals surface area contributed by atoms with Crippen LogP contribution in [-0.4, -0.2) is 73.3 Å². The predicted molar refractivity (Wildman–Crippen MR) is 125 cm³/mol. The number of likely N-dealkylation sites (tertiary alicyclic amines) is 2. The van der Waals surface area contributed by atoms with Gasteiger partial charge in [-0.1, -0.05) is 12.1 Å². The molecule has 0 unspecified atom stereocenters. The Morgan fingerprint density at radius 3 is 2.53 bits per heavy atom. The minimum absolute atomic E-state index is 0.0667. The van der Waals surface area contributed by atoms with Crippen LogP contribution in [0.15, 0.2) is 18.2 Å². The Morgan fingerprint density at radius 1 is 1.16 bits per heavy atom. The number of aryl methyl sites for hydroxylation is 1. The van der Waals surface area contributed by atoms with Crippen molar-refractivity contribution >= 4 is 23.4 Å². The zero-order valence-corrected chi connectivity index (χ0v) is 19.6. The molecular formula is C24H37N5O3. The summed E-state index contributed by atoms with van der Waals surface area (Å²) in [5.41, 5.74) is 9.44. The molecule has 176 valence electrons. The molecule has 2 atom stereocenters. The average Bonchev–Trinajstić information content (AvgIpc) is 3.47. The minimum atomic E-state index is -0.754. The van der Waals surface area contributed by atoms with Gasteiger partial charge < -0.3 is 25.8 Å². The van der Waals surface area contributed by atoms with Gasteiger partial charge in [0.1, 0.15) is 6.04 Å². The molecule has 2 aliphatic rings. The Morgan fingerprint density at radius 2 is 1.88 bits per heavy atom. The van der Waals surface area contributed by atoms with E-state index in [0.717, 1.165) is 49.2 Å². The van der Waals surface area contributed by atoms with Crippen molar-refractivity contribution in [1.29, 1.82) is 0 Å². The molecule has 1 aromatic rings. The van der Waals surface area contributed by atoms with Crippen molar-refractivity contribution in [3.63, 3.8) is 0 Å². The number of carbonyl (C=O) groups excluding carboxylic acids is 3. The van der Waals surface area contributed by atoms with E-state index in [1.54, 1.807) is 4.90 Å². The van der Waals surface area contributed by atoms with Crippen molar-refractivity contribution in [1.82, 2.24) is 15.1 Å². The van der Waals surface area contributed by atoms with E-state index in [1.807, 2.05) is 38.1 Å². The van der Waals surface area contributed by atoms with Crippen molar-refractivity contribution in [2.24, 2.45) is 5.73 Å². The van der Waals surface area contributed by atoms with Gasteiger partial charge in [-0.05, 0) is 56.2 Å². The molecular weight excluding hydrogens is 406 g/mol. The van der Waals surface area contributed by atoms with Gasteiger partial charge in [-0.15, -0.1) is 0 Å². The van der Waals surface area contributed by atoms with Crippen LogP contribution >= 0.6 is 0 Å². The maximum absolute atomic E-state index is 12.9. The summed E-state index contributed by atoms with van der Waals surface area (Å²) >= 11 is 0. The van der Waals surface area contributed by atoms with Crippen LogP contribution in [0.4, 0.5) is 5.69 Å². The molecule has 0 spiro atoms. The summed E-state index contributed by atoms with van der Waals surface area (Å²) in [7, 11) is 4.00. The van der Waals surface area contributed by atoms with Crippen LogP contribution in [0, 0.1) is 6.92 Å². The van der Waals surface area contributed by atoms with Gasteiger partial charge in [0.2, 0.25) is 17.7 Å². The smallest absolute Gasteiger partial charge is 0.243 e. The van der Waals surface area contributed by atoms with Crippen LogP contribution in [0.1, 0.15) is 49.7 Å². The van der Waals surface area contributed by atoms with Gasteiger partial charge in [0.05, 0.1) is 6.04 Å². The molecule has 2 aliphatic heterocycles. The molecule has 8 nitrogen and oxygen atoms in total. The Hall–Kier alpha value is -2.61. The summed E-state index contributed by atoms with van der Waals surface area (Å²) in [6.45, 7) is 4.60. The Labute approximate surface area is 191 Å². The first-order valence-corrected chi connectivity index (χ1v) is 11.7. The monoisotopic (exact) mass is 443 g/mol. The Kier molecular flexibility index (Phi) is 8.12. The molecule has 2 heterocycles. The molecule has 0 aliphatic carbocycles. The maximum Gasteiger partial charge on any atom is 0.243 e. The second-order valence-corrected chi connectivity index (χ2v) is 9.16. The largest absolute Gasteiger partial charge is 0.377 e. The summed E-state index contributed by atoms with van der Waals surface area (Å²) in [4.78, 5) is 43.5. The number of rotatable bonds is 8. The van der Waals surface area contributed by atoms with Gasteiger partial charge in [-0.3, -0.25) is 14.4 Å². The fraction of sp³-hybridized carbons (Fsp3) is 0.625. The zero-order valence-electron chi connectivity index (χ0n) is 19.6. The van der Waals surface area contributed by atoms with E-state index >= 15 is 0 Å². The number of anilines is 1. The average molecular weight is 444 g/mol. The molecule has 8 heteroatoms. The van der Waals surface area contributed by atoms with E-state index in [-0.39, 0.29) is 24.1 Å².